The molecule has 24 heavy (non-hydrogen) atoms. The van der Waals surface area contributed by atoms with Crippen LogP contribution < -0.4 is 11.1 Å². The van der Waals surface area contributed by atoms with Gasteiger partial charge in [-0.05, 0) is 31.2 Å². The minimum absolute atomic E-state index is 0.00726. The Balaban J connectivity index is 1.81. The summed E-state index contributed by atoms with van der Waals surface area (Å²) in [5, 5.41) is 2.71. The van der Waals surface area contributed by atoms with Crippen molar-refractivity contribution in [3.63, 3.8) is 0 Å². The first-order valence-electron chi connectivity index (χ1n) is 8.69. The molecule has 0 spiro atoms. The van der Waals surface area contributed by atoms with Gasteiger partial charge in [0.2, 0.25) is 11.8 Å². The molecular formula is C16H29N3O4S. The highest BCUT2D eigenvalue weighted by Gasteiger charge is 2.34. The van der Waals surface area contributed by atoms with Crippen LogP contribution in [0.5, 0.6) is 0 Å². The molecule has 3 N–H and O–H groups in total. The Kier molecular flexibility index (Phi) is 6.25. The maximum absolute atomic E-state index is 12.4. The highest BCUT2D eigenvalue weighted by Crippen LogP contribution is 2.38. The molecule has 0 aromatic rings. The summed E-state index contributed by atoms with van der Waals surface area (Å²) in [4.78, 5) is 25.9. The number of rotatable bonds is 6. The average Bonchev–Trinajstić information content (AvgIpc) is 2.86. The molecule has 2 fully saturated rings. The predicted molar refractivity (Wildman–Crippen MR) is 92.0 cm³/mol. The Morgan fingerprint density at radius 2 is 1.92 bits per heavy atom. The van der Waals surface area contributed by atoms with E-state index in [-0.39, 0.29) is 41.3 Å². The normalized spacial score (nSPS) is 25.2. The lowest BCUT2D eigenvalue weighted by molar-refractivity contribution is -0.137. The molecule has 1 saturated carbocycles. The molecule has 1 atom stereocenters. The first kappa shape index (κ1) is 19.2. The van der Waals surface area contributed by atoms with Crippen LogP contribution in [-0.2, 0) is 19.4 Å². The molecule has 1 heterocycles. The maximum atomic E-state index is 12.4. The predicted octanol–water partition coefficient (Wildman–Crippen LogP) is 0.0474. The van der Waals surface area contributed by atoms with E-state index in [4.69, 9.17) is 5.73 Å². The number of hydrogen-bond acceptors (Lipinski definition) is 5. The molecule has 0 bridgehead atoms. The number of carbonyl (C=O) groups excluding carboxylic acids is 2. The number of nitrogens with one attached hydrogen (secondary N) is 1. The van der Waals surface area contributed by atoms with Crippen molar-refractivity contribution in [3.05, 3.63) is 0 Å². The van der Waals surface area contributed by atoms with Crippen molar-refractivity contribution in [1.29, 1.82) is 0 Å². The zero-order chi connectivity index (χ0) is 17.8. The number of nitrogens with zero attached hydrogens (tertiary/aromatic N) is 1. The topological polar surface area (TPSA) is 110 Å². The van der Waals surface area contributed by atoms with Gasteiger partial charge in [0.05, 0.1) is 18.1 Å². The fourth-order valence-electron chi connectivity index (χ4n) is 3.70. The molecule has 0 aromatic carbocycles. The van der Waals surface area contributed by atoms with E-state index < -0.39 is 9.84 Å². The molecule has 8 heteroatoms. The van der Waals surface area contributed by atoms with Crippen molar-refractivity contribution in [1.82, 2.24) is 10.2 Å². The van der Waals surface area contributed by atoms with Gasteiger partial charge in [-0.15, -0.1) is 0 Å². The van der Waals surface area contributed by atoms with Gasteiger partial charge < -0.3 is 16.0 Å². The first-order chi connectivity index (χ1) is 11.3. The van der Waals surface area contributed by atoms with Crippen molar-refractivity contribution < 1.29 is 18.0 Å². The van der Waals surface area contributed by atoms with Crippen LogP contribution in [0, 0.1) is 5.41 Å². The molecule has 2 rings (SSSR count). The minimum Gasteiger partial charge on any atom is -0.351 e. The van der Waals surface area contributed by atoms with Crippen molar-refractivity contribution in [2.24, 2.45) is 11.1 Å². The lowest BCUT2D eigenvalue weighted by Crippen LogP contribution is -2.45. The molecule has 1 aliphatic heterocycles. The Hall–Kier alpha value is -1.15. The summed E-state index contributed by atoms with van der Waals surface area (Å²) in [7, 11) is -1.41. The molecule has 1 saturated heterocycles. The van der Waals surface area contributed by atoms with E-state index in [9.17, 15) is 18.0 Å². The van der Waals surface area contributed by atoms with Gasteiger partial charge >= 0.3 is 0 Å². The Morgan fingerprint density at radius 3 is 2.46 bits per heavy atom. The summed E-state index contributed by atoms with van der Waals surface area (Å²) in [5.74, 6) is -0.270. The van der Waals surface area contributed by atoms with Crippen LogP contribution in [0.1, 0.15) is 44.9 Å². The molecule has 2 aliphatic rings. The summed E-state index contributed by atoms with van der Waals surface area (Å²) in [5.41, 5.74) is 5.79. The van der Waals surface area contributed by atoms with E-state index in [0.29, 0.717) is 19.4 Å². The van der Waals surface area contributed by atoms with Crippen LogP contribution in [0.4, 0.5) is 0 Å². The van der Waals surface area contributed by atoms with Crippen LogP contribution in [0.2, 0.25) is 0 Å². The molecule has 7 nitrogen and oxygen atoms in total. The molecular weight excluding hydrogens is 330 g/mol. The Morgan fingerprint density at radius 1 is 1.25 bits per heavy atom. The Bertz CT molecular complexity index is 570. The molecule has 0 aromatic heterocycles. The summed E-state index contributed by atoms with van der Waals surface area (Å²) in [6.07, 6.45) is 6.16. The Labute approximate surface area is 144 Å². The van der Waals surface area contributed by atoms with E-state index in [1.807, 2.05) is 0 Å². The highest BCUT2D eigenvalue weighted by molar-refractivity contribution is 7.91. The lowest BCUT2D eigenvalue weighted by Gasteiger charge is -2.36. The van der Waals surface area contributed by atoms with Gasteiger partial charge in [-0.2, -0.15) is 0 Å². The van der Waals surface area contributed by atoms with Gasteiger partial charge in [0, 0.05) is 19.5 Å². The third-order valence-electron chi connectivity index (χ3n) is 5.28. The average molecular weight is 359 g/mol. The molecule has 1 aliphatic carbocycles. The van der Waals surface area contributed by atoms with Gasteiger partial charge in [-0.25, -0.2) is 8.42 Å². The van der Waals surface area contributed by atoms with Crippen molar-refractivity contribution in [2.45, 2.75) is 51.0 Å². The number of carbonyl (C=O) groups is 2. The number of hydrogen-bond donors (Lipinski definition) is 2. The van der Waals surface area contributed by atoms with Crippen LogP contribution >= 0.6 is 0 Å². The van der Waals surface area contributed by atoms with Gasteiger partial charge in [0.1, 0.15) is 0 Å². The maximum Gasteiger partial charge on any atom is 0.239 e. The van der Waals surface area contributed by atoms with E-state index in [1.165, 1.54) is 11.3 Å². The van der Waals surface area contributed by atoms with Gasteiger partial charge in [-0.1, -0.05) is 19.3 Å². The van der Waals surface area contributed by atoms with Crippen molar-refractivity contribution >= 4 is 21.7 Å². The van der Waals surface area contributed by atoms with E-state index in [0.717, 1.165) is 25.7 Å². The smallest absolute Gasteiger partial charge is 0.239 e. The van der Waals surface area contributed by atoms with Crippen molar-refractivity contribution in [3.8, 4) is 0 Å². The van der Waals surface area contributed by atoms with Gasteiger partial charge in [0.15, 0.2) is 9.84 Å². The van der Waals surface area contributed by atoms with Crippen LogP contribution in [0.3, 0.4) is 0 Å². The number of sulfone groups is 1. The second-order valence-electron chi connectivity index (χ2n) is 7.36. The molecule has 138 valence electrons. The summed E-state index contributed by atoms with van der Waals surface area (Å²) in [6.45, 7) is 0.453. The second-order valence-corrected chi connectivity index (χ2v) is 9.59. The number of amides is 2. The third kappa shape index (κ3) is 5.17. The summed E-state index contributed by atoms with van der Waals surface area (Å²) < 4.78 is 22.8. The second kappa shape index (κ2) is 7.82. The summed E-state index contributed by atoms with van der Waals surface area (Å²) >= 11 is 0. The minimum atomic E-state index is -3.03. The molecule has 2 amide bonds. The van der Waals surface area contributed by atoms with Crippen LogP contribution in [-0.4, -0.2) is 62.8 Å². The van der Waals surface area contributed by atoms with Crippen LogP contribution in [0.25, 0.3) is 0 Å². The fraction of sp³-hybridized carbons (Fsp3) is 0.875. The third-order valence-corrected chi connectivity index (χ3v) is 7.05. The monoisotopic (exact) mass is 359 g/mol. The zero-order valence-corrected chi connectivity index (χ0v) is 15.2. The standard InChI is InChI=1S/C16H29N3O4S/c1-19(10-14(20)18-13-5-8-24(22,23)11-13)15(21)9-16(12-17)6-3-2-4-7-16/h13H,2-12,17H2,1H3,(H,18,20). The van der Waals surface area contributed by atoms with E-state index in [1.54, 1.807) is 7.05 Å². The molecule has 0 radical (unpaired) electrons. The van der Waals surface area contributed by atoms with E-state index in [2.05, 4.69) is 5.32 Å². The van der Waals surface area contributed by atoms with Gasteiger partial charge in [-0.3, -0.25) is 9.59 Å². The number of nitrogens with two attached hydrogens (primary N) is 1. The van der Waals surface area contributed by atoms with Gasteiger partial charge in [0.25, 0.3) is 0 Å². The summed E-state index contributed by atoms with van der Waals surface area (Å²) in [6, 6.07) is -0.334. The SMILES string of the molecule is CN(CC(=O)NC1CCS(=O)(=O)C1)C(=O)CC1(CN)CCCCC1. The highest BCUT2D eigenvalue weighted by atomic mass is 32.2. The lowest BCUT2D eigenvalue weighted by atomic mass is 9.71. The fourth-order valence-corrected chi connectivity index (χ4v) is 5.37. The quantitative estimate of drug-likeness (QED) is 0.696. The number of likely N-dealkylation sites (N-methyl/N-ethyl adjacent to an activating group) is 1. The zero-order valence-electron chi connectivity index (χ0n) is 14.4. The van der Waals surface area contributed by atoms with E-state index >= 15 is 0 Å². The van der Waals surface area contributed by atoms with Crippen molar-refractivity contribution in [2.75, 3.05) is 31.6 Å². The first-order valence-corrected chi connectivity index (χ1v) is 10.5. The van der Waals surface area contributed by atoms with Crippen LogP contribution in [0.15, 0.2) is 0 Å². The molecule has 1 unspecified atom stereocenters. The largest absolute Gasteiger partial charge is 0.351 e.